The number of benzene rings is 1. The van der Waals surface area contributed by atoms with Gasteiger partial charge >= 0.3 is 5.97 Å². The fraction of sp³-hybridized carbons (Fsp3) is 0.500. The molecule has 0 spiro atoms. The van der Waals surface area contributed by atoms with Gasteiger partial charge in [-0.2, -0.15) is 0 Å². The summed E-state index contributed by atoms with van der Waals surface area (Å²) in [4.78, 5) is 15.4. The number of aromatic carboxylic acids is 1. The number of hydrogen-bond acceptors (Lipinski definition) is 4. The molecule has 3 N–H and O–H groups in total. The summed E-state index contributed by atoms with van der Waals surface area (Å²) in [5.41, 5.74) is 6.43. The lowest BCUT2D eigenvalue weighted by molar-refractivity contribution is 0.0692. The fourth-order valence-corrected chi connectivity index (χ4v) is 2.78. The van der Waals surface area contributed by atoms with E-state index in [1.165, 1.54) is 25.0 Å². The van der Waals surface area contributed by atoms with Crippen molar-refractivity contribution < 1.29 is 14.3 Å². The first-order valence-corrected chi connectivity index (χ1v) is 6.87. The number of nitrogen functional groups attached to an aromatic ring is 1. The minimum absolute atomic E-state index is 0.323. The van der Waals surface area contributed by atoms with Crippen LogP contribution in [-0.2, 0) is 0 Å². The van der Waals surface area contributed by atoms with E-state index in [0.29, 0.717) is 11.4 Å². The van der Waals surface area contributed by atoms with E-state index in [1.807, 2.05) is 4.90 Å². The highest BCUT2D eigenvalue weighted by Gasteiger charge is 2.31. The van der Waals surface area contributed by atoms with Gasteiger partial charge in [-0.1, -0.05) is 0 Å². The maximum atomic E-state index is 13.8. The van der Waals surface area contributed by atoms with E-state index in [0.717, 1.165) is 32.2 Å². The van der Waals surface area contributed by atoms with E-state index in [9.17, 15) is 9.18 Å². The topological polar surface area (TPSA) is 69.8 Å². The second-order valence-corrected chi connectivity index (χ2v) is 5.45. The molecule has 1 heterocycles. The van der Waals surface area contributed by atoms with Crippen LogP contribution in [0.3, 0.4) is 0 Å². The van der Waals surface area contributed by atoms with E-state index < -0.39 is 11.8 Å². The monoisotopic (exact) mass is 279 g/mol. The number of nitrogens with zero attached hydrogens (tertiary/aromatic N) is 2. The van der Waals surface area contributed by atoms with E-state index >= 15 is 0 Å². The van der Waals surface area contributed by atoms with E-state index in [-0.39, 0.29) is 5.56 Å². The number of rotatable bonds is 3. The van der Waals surface area contributed by atoms with Gasteiger partial charge in [0, 0.05) is 38.3 Å². The molecule has 0 amide bonds. The second-order valence-electron chi connectivity index (χ2n) is 5.45. The zero-order valence-electron chi connectivity index (χ0n) is 11.2. The van der Waals surface area contributed by atoms with E-state index in [4.69, 9.17) is 10.8 Å². The molecule has 0 aromatic heterocycles. The Kier molecular flexibility index (Phi) is 3.25. The maximum Gasteiger partial charge on any atom is 0.338 e. The lowest BCUT2D eigenvalue weighted by Gasteiger charge is -2.36. The summed E-state index contributed by atoms with van der Waals surface area (Å²) in [7, 11) is 0. The number of carbonyl (C=O) groups is 1. The first kappa shape index (κ1) is 13.2. The van der Waals surface area contributed by atoms with Crippen molar-refractivity contribution in [1.29, 1.82) is 0 Å². The zero-order chi connectivity index (χ0) is 14.3. The lowest BCUT2D eigenvalue weighted by Crippen LogP contribution is -2.47. The Labute approximate surface area is 116 Å². The molecule has 1 aliphatic heterocycles. The Bertz CT molecular complexity index is 537. The summed E-state index contributed by atoms with van der Waals surface area (Å²) in [5, 5.41) is 8.88. The molecular weight excluding hydrogens is 261 g/mol. The molecule has 20 heavy (non-hydrogen) atoms. The Morgan fingerprint density at radius 3 is 2.45 bits per heavy atom. The highest BCUT2D eigenvalue weighted by molar-refractivity contribution is 5.91. The summed E-state index contributed by atoms with van der Waals surface area (Å²) >= 11 is 0. The highest BCUT2D eigenvalue weighted by atomic mass is 19.1. The van der Waals surface area contributed by atoms with Crippen molar-refractivity contribution in [1.82, 2.24) is 4.90 Å². The van der Waals surface area contributed by atoms with Crippen LogP contribution in [0.15, 0.2) is 12.1 Å². The third-order valence-electron chi connectivity index (χ3n) is 4.06. The third kappa shape index (κ3) is 2.43. The van der Waals surface area contributed by atoms with Crippen molar-refractivity contribution in [2.24, 2.45) is 0 Å². The lowest BCUT2D eigenvalue weighted by atomic mass is 10.1. The Balaban J connectivity index is 1.77. The van der Waals surface area contributed by atoms with Crippen LogP contribution in [0, 0.1) is 5.82 Å². The number of carboxylic acid groups (broad SMARTS) is 1. The SMILES string of the molecule is Nc1cc(C(=O)O)c(F)cc1N1CCN(C2CC2)CC1. The van der Waals surface area contributed by atoms with Gasteiger partial charge in [-0.25, -0.2) is 9.18 Å². The molecule has 0 atom stereocenters. The first-order chi connectivity index (χ1) is 9.56. The maximum absolute atomic E-state index is 13.8. The molecule has 0 unspecified atom stereocenters. The Hall–Kier alpha value is -1.82. The number of hydrogen-bond donors (Lipinski definition) is 2. The van der Waals surface area contributed by atoms with Crippen molar-refractivity contribution in [3.05, 3.63) is 23.5 Å². The van der Waals surface area contributed by atoms with E-state index in [1.54, 1.807) is 0 Å². The molecule has 108 valence electrons. The van der Waals surface area contributed by atoms with Crippen LogP contribution < -0.4 is 10.6 Å². The van der Waals surface area contributed by atoms with Crippen molar-refractivity contribution in [3.63, 3.8) is 0 Å². The van der Waals surface area contributed by atoms with Crippen molar-refractivity contribution in [2.75, 3.05) is 36.8 Å². The summed E-state index contributed by atoms with van der Waals surface area (Å²) in [6.45, 7) is 3.50. The number of halogens is 1. The number of anilines is 2. The molecule has 6 heteroatoms. The third-order valence-corrected chi connectivity index (χ3v) is 4.06. The molecule has 5 nitrogen and oxygen atoms in total. The molecular formula is C14H18FN3O2. The van der Waals surface area contributed by atoms with Crippen molar-refractivity contribution >= 4 is 17.3 Å². The molecule has 2 aliphatic rings. The van der Waals surface area contributed by atoms with Crippen LogP contribution in [0.2, 0.25) is 0 Å². The van der Waals surface area contributed by atoms with Gasteiger partial charge in [0.05, 0.1) is 16.9 Å². The number of carboxylic acids is 1. The average Bonchev–Trinajstić information content (AvgIpc) is 3.25. The van der Waals surface area contributed by atoms with Gasteiger partial charge in [-0.05, 0) is 18.9 Å². The summed E-state index contributed by atoms with van der Waals surface area (Å²) in [6, 6.07) is 3.19. The average molecular weight is 279 g/mol. The molecule has 1 aromatic rings. The summed E-state index contributed by atoms with van der Waals surface area (Å²) in [6.07, 6.45) is 2.56. The van der Waals surface area contributed by atoms with Crippen LogP contribution in [0.5, 0.6) is 0 Å². The smallest absolute Gasteiger partial charge is 0.338 e. The van der Waals surface area contributed by atoms with Gasteiger partial charge in [0.25, 0.3) is 0 Å². The van der Waals surface area contributed by atoms with Crippen molar-refractivity contribution in [3.8, 4) is 0 Å². The molecule has 0 bridgehead atoms. The van der Waals surface area contributed by atoms with Gasteiger partial charge in [0.2, 0.25) is 0 Å². The highest BCUT2D eigenvalue weighted by Crippen LogP contribution is 2.31. The predicted octanol–water partition coefficient (Wildman–Crippen LogP) is 1.39. The van der Waals surface area contributed by atoms with Gasteiger partial charge in [0.1, 0.15) is 5.82 Å². The second kappa shape index (κ2) is 4.94. The van der Waals surface area contributed by atoms with Crippen molar-refractivity contribution in [2.45, 2.75) is 18.9 Å². The number of nitrogens with two attached hydrogens (primary N) is 1. The fourth-order valence-electron chi connectivity index (χ4n) is 2.78. The largest absolute Gasteiger partial charge is 0.478 e. The van der Waals surface area contributed by atoms with Gasteiger partial charge < -0.3 is 15.7 Å². The van der Waals surface area contributed by atoms with E-state index in [2.05, 4.69) is 4.90 Å². The van der Waals surface area contributed by atoms with Gasteiger partial charge in [-0.15, -0.1) is 0 Å². The van der Waals surface area contributed by atoms with Crippen LogP contribution in [0.1, 0.15) is 23.2 Å². The molecule has 1 saturated heterocycles. The molecule has 1 aliphatic carbocycles. The summed E-state index contributed by atoms with van der Waals surface area (Å²) < 4.78 is 13.8. The quantitative estimate of drug-likeness (QED) is 0.818. The molecule has 3 rings (SSSR count). The standard InChI is InChI=1S/C14H18FN3O2/c15-11-8-13(12(16)7-10(11)14(19)20)18-5-3-17(4-6-18)9-1-2-9/h7-9H,1-6,16H2,(H,19,20). The minimum Gasteiger partial charge on any atom is -0.478 e. The van der Waals surface area contributed by atoms with Crippen LogP contribution in [0.4, 0.5) is 15.8 Å². The molecule has 1 aromatic carbocycles. The minimum atomic E-state index is -1.29. The zero-order valence-corrected chi connectivity index (χ0v) is 11.2. The normalized spacial score (nSPS) is 20.1. The Morgan fingerprint density at radius 2 is 1.90 bits per heavy atom. The van der Waals surface area contributed by atoms with Crippen LogP contribution >= 0.6 is 0 Å². The predicted molar refractivity (Wildman–Crippen MR) is 74.6 cm³/mol. The molecule has 2 fully saturated rings. The Morgan fingerprint density at radius 1 is 1.25 bits per heavy atom. The summed E-state index contributed by atoms with van der Waals surface area (Å²) in [5.74, 6) is -2.02. The first-order valence-electron chi connectivity index (χ1n) is 6.87. The number of piperazine rings is 1. The van der Waals surface area contributed by atoms with Gasteiger partial charge in [-0.3, -0.25) is 4.90 Å². The van der Waals surface area contributed by atoms with Gasteiger partial charge in [0.15, 0.2) is 0 Å². The van der Waals surface area contributed by atoms with Crippen LogP contribution in [-0.4, -0.2) is 48.2 Å². The van der Waals surface area contributed by atoms with Crippen LogP contribution in [0.25, 0.3) is 0 Å². The molecule has 0 radical (unpaired) electrons. The molecule has 1 saturated carbocycles.